The molecule has 1 N–H and O–H groups in total. The first-order valence-corrected chi connectivity index (χ1v) is 9.56. The Bertz CT molecular complexity index is 736. The maximum Gasteiger partial charge on any atom is 0.449 e. The molecule has 0 saturated carbocycles. The van der Waals surface area contributed by atoms with E-state index in [1.54, 1.807) is 14.1 Å². The van der Waals surface area contributed by atoms with E-state index in [4.69, 9.17) is 0 Å². The van der Waals surface area contributed by atoms with Crippen molar-refractivity contribution in [3.05, 3.63) is 17.2 Å². The molecule has 2 aliphatic rings. The van der Waals surface area contributed by atoms with Crippen molar-refractivity contribution in [2.75, 3.05) is 33.7 Å². The third-order valence-electron chi connectivity index (χ3n) is 5.37. The normalized spacial score (nSPS) is 18.6. The van der Waals surface area contributed by atoms with Crippen LogP contribution in [0.1, 0.15) is 47.7 Å². The monoisotopic (exact) mass is 401 g/mol. The number of alkyl halides is 3. The van der Waals surface area contributed by atoms with Crippen molar-refractivity contribution in [3.8, 4) is 0 Å². The van der Waals surface area contributed by atoms with Gasteiger partial charge < -0.3 is 14.8 Å². The van der Waals surface area contributed by atoms with Gasteiger partial charge in [0.25, 0.3) is 5.91 Å². The van der Waals surface area contributed by atoms with Crippen LogP contribution in [-0.4, -0.2) is 70.9 Å². The molecular weight excluding hydrogens is 375 g/mol. The number of nitrogens with zero attached hydrogens (tertiary/aromatic N) is 4. The van der Waals surface area contributed by atoms with Crippen LogP contribution >= 0.6 is 0 Å². The minimum absolute atomic E-state index is 0.0202. The number of amides is 2. The minimum Gasteiger partial charge on any atom is -0.348 e. The lowest BCUT2D eigenvalue weighted by atomic mass is 10.0. The van der Waals surface area contributed by atoms with Gasteiger partial charge in [0.15, 0.2) is 0 Å². The predicted molar refractivity (Wildman–Crippen MR) is 95.8 cm³/mol. The number of aromatic nitrogens is 2. The van der Waals surface area contributed by atoms with Gasteiger partial charge in [0.05, 0.1) is 12.2 Å². The molecule has 3 heterocycles. The zero-order valence-corrected chi connectivity index (χ0v) is 16.2. The number of carbonyl (C=O) groups excluding carboxylic acids is 2. The Labute approximate surface area is 161 Å². The molecule has 156 valence electrons. The smallest absolute Gasteiger partial charge is 0.348 e. The molecule has 3 rings (SSSR count). The molecule has 1 aromatic heterocycles. The summed E-state index contributed by atoms with van der Waals surface area (Å²) in [6, 6.07) is -0.131. The average molecular weight is 401 g/mol. The maximum atomic E-state index is 13.3. The van der Waals surface area contributed by atoms with E-state index < -0.39 is 17.9 Å². The molecule has 2 aliphatic heterocycles. The van der Waals surface area contributed by atoms with E-state index in [0.29, 0.717) is 51.0 Å². The SMILES string of the molecule is CN(C)C(=O)CN1CCC(NC(=O)c2nc(C(F)(F)F)n3c2CCCC3)CC1. The molecule has 0 radical (unpaired) electrons. The number of likely N-dealkylation sites (tertiary alicyclic amines) is 1. The van der Waals surface area contributed by atoms with Gasteiger partial charge in [-0.3, -0.25) is 14.5 Å². The molecule has 0 atom stereocenters. The molecule has 0 bridgehead atoms. The fraction of sp³-hybridized carbons (Fsp3) is 0.722. The van der Waals surface area contributed by atoms with Crippen LogP contribution < -0.4 is 5.32 Å². The third-order valence-corrected chi connectivity index (χ3v) is 5.37. The highest BCUT2D eigenvalue weighted by Crippen LogP contribution is 2.33. The largest absolute Gasteiger partial charge is 0.449 e. The molecule has 1 aromatic rings. The average Bonchev–Trinajstić information content (AvgIpc) is 3.03. The van der Waals surface area contributed by atoms with Crippen LogP contribution in [-0.2, 0) is 23.9 Å². The first kappa shape index (κ1) is 20.6. The van der Waals surface area contributed by atoms with E-state index in [0.717, 1.165) is 11.0 Å². The topological polar surface area (TPSA) is 70.5 Å². The zero-order valence-electron chi connectivity index (χ0n) is 16.2. The number of nitrogens with one attached hydrogen (secondary N) is 1. The van der Waals surface area contributed by atoms with Crippen LogP contribution in [0.4, 0.5) is 13.2 Å². The number of likely N-dealkylation sites (N-methyl/N-ethyl adjacent to an activating group) is 1. The number of rotatable bonds is 4. The Balaban J connectivity index is 1.63. The summed E-state index contributed by atoms with van der Waals surface area (Å²) >= 11 is 0. The van der Waals surface area contributed by atoms with Crippen molar-refractivity contribution in [1.29, 1.82) is 0 Å². The van der Waals surface area contributed by atoms with Gasteiger partial charge in [-0.25, -0.2) is 4.98 Å². The van der Waals surface area contributed by atoms with Crippen molar-refractivity contribution in [2.45, 2.75) is 50.9 Å². The molecule has 1 saturated heterocycles. The fourth-order valence-electron chi connectivity index (χ4n) is 3.76. The number of hydrogen-bond acceptors (Lipinski definition) is 4. The lowest BCUT2D eigenvalue weighted by Gasteiger charge is -2.32. The summed E-state index contributed by atoms with van der Waals surface area (Å²) in [7, 11) is 3.41. The summed E-state index contributed by atoms with van der Waals surface area (Å²) in [5, 5.41) is 2.84. The Morgan fingerprint density at radius 1 is 1.18 bits per heavy atom. The Hall–Kier alpha value is -2.10. The number of halogens is 3. The Kier molecular flexibility index (Phi) is 5.97. The first-order valence-electron chi connectivity index (χ1n) is 9.56. The standard InChI is InChI=1S/C18H26F3N5O2/c1-24(2)14(27)11-25-9-6-12(7-10-25)22-16(28)15-13-5-3-4-8-26(13)17(23-15)18(19,20)21/h12H,3-11H2,1-2H3,(H,22,28). The number of imidazole rings is 1. The van der Waals surface area contributed by atoms with Gasteiger partial charge in [0.2, 0.25) is 11.7 Å². The van der Waals surface area contributed by atoms with Gasteiger partial charge >= 0.3 is 6.18 Å². The van der Waals surface area contributed by atoms with Gasteiger partial charge in [-0.05, 0) is 32.1 Å². The van der Waals surface area contributed by atoms with Crippen LogP contribution in [0.15, 0.2) is 0 Å². The van der Waals surface area contributed by atoms with E-state index in [9.17, 15) is 22.8 Å². The molecule has 0 aromatic carbocycles. The number of fused-ring (bicyclic) bond motifs is 1. The lowest BCUT2D eigenvalue weighted by Crippen LogP contribution is -2.47. The second-order valence-electron chi connectivity index (χ2n) is 7.65. The maximum absolute atomic E-state index is 13.3. The van der Waals surface area contributed by atoms with Crippen molar-refractivity contribution < 1.29 is 22.8 Å². The van der Waals surface area contributed by atoms with Gasteiger partial charge in [0, 0.05) is 39.8 Å². The van der Waals surface area contributed by atoms with Crippen molar-refractivity contribution >= 4 is 11.8 Å². The summed E-state index contributed by atoms with van der Waals surface area (Å²) < 4.78 is 40.9. The Morgan fingerprint density at radius 2 is 1.86 bits per heavy atom. The number of piperidine rings is 1. The van der Waals surface area contributed by atoms with E-state index >= 15 is 0 Å². The second-order valence-corrected chi connectivity index (χ2v) is 7.65. The molecule has 0 unspecified atom stereocenters. The minimum atomic E-state index is -4.57. The van der Waals surface area contributed by atoms with E-state index in [2.05, 4.69) is 10.3 Å². The van der Waals surface area contributed by atoms with Crippen molar-refractivity contribution in [3.63, 3.8) is 0 Å². The molecule has 2 amide bonds. The Morgan fingerprint density at radius 3 is 2.46 bits per heavy atom. The summed E-state index contributed by atoms with van der Waals surface area (Å²) in [4.78, 5) is 31.7. The number of hydrogen-bond donors (Lipinski definition) is 1. The number of carbonyl (C=O) groups is 2. The van der Waals surface area contributed by atoms with E-state index in [1.807, 2.05) is 4.90 Å². The summed E-state index contributed by atoms with van der Waals surface area (Å²) in [5.74, 6) is -1.50. The zero-order chi connectivity index (χ0) is 20.5. The lowest BCUT2D eigenvalue weighted by molar-refractivity contribution is -0.147. The van der Waals surface area contributed by atoms with Crippen LogP contribution in [0.3, 0.4) is 0 Å². The van der Waals surface area contributed by atoms with Crippen LogP contribution in [0.25, 0.3) is 0 Å². The fourth-order valence-corrected chi connectivity index (χ4v) is 3.76. The predicted octanol–water partition coefficient (Wildman–Crippen LogP) is 1.52. The van der Waals surface area contributed by atoms with E-state index in [-0.39, 0.29) is 24.2 Å². The summed E-state index contributed by atoms with van der Waals surface area (Å²) in [6.07, 6.45) is -1.45. The molecule has 10 heteroatoms. The highest BCUT2D eigenvalue weighted by atomic mass is 19.4. The molecular formula is C18H26F3N5O2. The first-order chi connectivity index (χ1) is 13.2. The quantitative estimate of drug-likeness (QED) is 0.831. The summed E-state index contributed by atoms with van der Waals surface area (Å²) in [5.41, 5.74) is 0.280. The van der Waals surface area contributed by atoms with Crippen LogP contribution in [0, 0.1) is 0 Å². The van der Waals surface area contributed by atoms with Crippen molar-refractivity contribution in [1.82, 2.24) is 24.7 Å². The molecule has 7 nitrogen and oxygen atoms in total. The summed E-state index contributed by atoms with van der Waals surface area (Å²) in [6.45, 7) is 1.87. The highest BCUT2D eigenvalue weighted by molar-refractivity contribution is 5.94. The molecule has 0 aliphatic carbocycles. The molecule has 1 fully saturated rings. The van der Waals surface area contributed by atoms with Gasteiger partial charge in [0.1, 0.15) is 5.69 Å². The van der Waals surface area contributed by atoms with Crippen LogP contribution in [0.2, 0.25) is 0 Å². The van der Waals surface area contributed by atoms with Crippen molar-refractivity contribution in [2.24, 2.45) is 0 Å². The van der Waals surface area contributed by atoms with Gasteiger partial charge in [-0.1, -0.05) is 0 Å². The van der Waals surface area contributed by atoms with E-state index in [1.165, 1.54) is 4.90 Å². The third kappa shape index (κ3) is 4.48. The van der Waals surface area contributed by atoms with Gasteiger partial charge in [-0.15, -0.1) is 0 Å². The molecule has 28 heavy (non-hydrogen) atoms. The van der Waals surface area contributed by atoms with Crippen LogP contribution in [0.5, 0.6) is 0 Å². The second kappa shape index (κ2) is 8.10. The highest BCUT2D eigenvalue weighted by Gasteiger charge is 2.40. The van der Waals surface area contributed by atoms with Gasteiger partial charge in [-0.2, -0.15) is 13.2 Å². The molecule has 0 spiro atoms.